The van der Waals surface area contributed by atoms with Gasteiger partial charge in [-0.25, -0.2) is 0 Å². The summed E-state index contributed by atoms with van der Waals surface area (Å²) in [6.45, 7) is 3.51. The van der Waals surface area contributed by atoms with Gasteiger partial charge in [-0.3, -0.25) is 4.79 Å². The smallest absolute Gasteiger partial charge is 0.223 e. The van der Waals surface area contributed by atoms with E-state index in [9.17, 15) is 4.79 Å². The average molecular weight is 284 g/mol. The van der Waals surface area contributed by atoms with Gasteiger partial charge >= 0.3 is 0 Å². The van der Waals surface area contributed by atoms with Crippen molar-refractivity contribution in [2.24, 2.45) is 5.73 Å². The summed E-state index contributed by atoms with van der Waals surface area (Å²) < 4.78 is 5.58. The van der Waals surface area contributed by atoms with E-state index in [1.54, 1.807) is 0 Å². The lowest BCUT2D eigenvalue weighted by atomic mass is 10.1. The Bertz CT molecular complexity index is 280. The number of carbonyl (C=O) groups excluding carboxylic acids is 1. The van der Waals surface area contributed by atoms with Crippen molar-refractivity contribution in [2.75, 3.05) is 13.1 Å². The van der Waals surface area contributed by atoms with Gasteiger partial charge in [0.2, 0.25) is 5.91 Å². The van der Waals surface area contributed by atoms with E-state index in [-0.39, 0.29) is 13.3 Å². The summed E-state index contributed by atoms with van der Waals surface area (Å²) in [7, 11) is 0. The van der Waals surface area contributed by atoms with Gasteiger partial charge in [0.25, 0.3) is 0 Å². The summed E-state index contributed by atoms with van der Waals surface area (Å²) in [5.41, 5.74) is 5.35. The number of hydrogen-bond donors (Lipinski definition) is 2. The number of amides is 1. The van der Waals surface area contributed by atoms with Crippen LogP contribution in [-0.4, -0.2) is 31.2 Å². The van der Waals surface area contributed by atoms with Crippen molar-refractivity contribution >= 4 is 5.91 Å². The van der Waals surface area contributed by atoms with Gasteiger partial charge < -0.3 is 15.8 Å². The SMILES string of the molecule is C.CCCCCC1OC1C/C=C/CC(=O)NCCCN. The number of ether oxygens (including phenoxy) is 1. The number of hydrogen-bond acceptors (Lipinski definition) is 3. The van der Waals surface area contributed by atoms with E-state index in [1.165, 1.54) is 25.7 Å². The molecule has 20 heavy (non-hydrogen) atoms. The molecule has 4 heteroatoms. The van der Waals surface area contributed by atoms with Crippen LogP contribution < -0.4 is 11.1 Å². The molecule has 0 radical (unpaired) electrons. The molecular weight excluding hydrogens is 252 g/mol. The van der Waals surface area contributed by atoms with Crippen LogP contribution in [0.3, 0.4) is 0 Å². The second-order valence-electron chi connectivity index (χ2n) is 5.11. The highest BCUT2D eigenvalue weighted by Crippen LogP contribution is 2.30. The van der Waals surface area contributed by atoms with Crippen molar-refractivity contribution < 1.29 is 9.53 Å². The molecule has 1 rings (SSSR count). The molecule has 0 aromatic heterocycles. The minimum Gasteiger partial charge on any atom is -0.369 e. The van der Waals surface area contributed by atoms with Crippen LogP contribution in [0, 0.1) is 0 Å². The van der Waals surface area contributed by atoms with Gasteiger partial charge in [-0.05, 0) is 25.8 Å². The lowest BCUT2D eigenvalue weighted by Gasteiger charge is -2.00. The minimum atomic E-state index is 0. The first kappa shape index (κ1) is 19.1. The third kappa shape index (κ3) is 9.10. The molecule has 1 heterocycles. The summed E-state index contributed by atoms with van der Waals surface area (Å²) >= 11 is 0. The molecule has 0 bridgehead atoms. The molecule has 2 atom stereocenters. The molecule has 118 valence electrons. The van der Waals surface area contributed by atoms with Gasteiger partial charge in [-0.1, -0.05) is 45.8 Å². The molecule has 0 aromatic carbocycles. The second kappa shape index (κ2) is 11.9. The number of nitrogens with two attached hydrogens (primary N) is 1. The molecule has 1 fully saturated rings. The van der Waals surface area contributed by atoms with E-state index >= 15 is 0 Å². The van der Waals surface area contributed by atoms with Crippen molar-refractivity contribution in [1.29, 1.82) is 0 Å². The van der Waals surface area contributed by atoms with Gasteiger partial charge in [0, 0.05) is 13.0 Å². The Kier molecular flexibility index (Phi) is 11.4. The van der Waals surface area contributed by atoms with Crippen molar-refractivity contribution in [2.45, 2.75) is 71.5 Å². The summed E-state index contributed by atoms with van der Waals surface area (Å²) in [5.74, 6) is 0.0703. The molecule has 1 aliphatic heterocycles. The van der Waals surface area contributed by atoms with Crippen molar-refractivity contribution in [3.63, 3.8) is 0 Å². The predicted molar refractivity (Wildman–Crippen MR) is 84.6 cm³/mol. The number of epoxide rings is 1. The number of nitrogens with one attached hydrogen (secondary N) is 1. The summed E-state index contributed by atoms with van der Waals surface area (Å²) in [6, 6.07) is 0. The maximum Gasteiger partial charge on any atom is 0.223 e. The first-order chi connectivity index (χ1) is 9.27. The van der Waals surface area contributed by atoms with E-state index < -0.39 is 0 Å². The van der Waals surface area contributed by atoms with Crippen molar-refractivity contribution in [3.05, 3.63) is 12.2 Å². The van der Waals surface area contributed by atoms with Crippen LogP contribution in [-0.2, 0) is 9.53 Å². The Labute approximate surface area is 124 Å². The topological polar surface area (TPSA) is 67.7 Å². The van der Waals surface area contributed by atoms with Crippen LogP contribution in [0.4, 0.5) is 0 Å². The third-order valence-corrected chi connectivity index (χ3v) is 3.32. The molecule has 4 nitrogen and oxygen atoms in total. The van der Waals surface area contributed by atoms with Crippen LogP contribution in [0.25, 0.3) is 0 Å². The number of rotatable bonds is 11. The fourth-order valence-corrected chi connectivity index (χ4v) is 2.06. The van der Waals surface area contributed by atoms with Crippen LogP contribution in [0.15, 0.2) is 12.2 Å². The van der Waals surface area contributed by atoms with E-state index in [4.69, 9.17) is 10.5 Å². The minimum absolute atomic E-state index is 0. The third-order valence-electron chi connectivity index (χ3n) is 3.32. The van der Waals surface area contributed by atoms with E-state index in [2.05, 4.69) is 18.3 Å². The molecule has 0 saturated carbocycles. The number of carbonyl (C=O) groups is 1. The Morgan fingerprint density at radius 1 is 1.25 bits per heavy atom. The zero-order valence-electron chi connectivity index (χ0n) is 12.1. The Hall–Kier alpha value is -0.870. The summed E-state index contributed by atoms with van der Waals surface area (Å²) in [5, 5.41) is 2.83. The van der Waals surface area contributed by atoms with Gasteiger partial charge in [0.1, 0.15) is 0 Å². The molecule has 0 aromatic rings. The Morgan fingerprint density at radius 3 is 2.75 bits per heavy atom. The highest BCUT2D eigenvalue weighted by molar-refractivity contribution is 5.77. The van der Waals surface area contributed by atoms with Crippen molar-refractivity contribution in [1.82, 2.24) is 5.32 Å². The van der Waals surface area contributed by atoms with Crippen LogP contribution in [0.5, 0.6) is 0 Å². The standard InChI is InChI=1S/C15H28N2O2.CH4/c1-2-3-4-8-13-14(19-13)9-5-6-10-15(18)17-12-7-11-16;/h5-6,13-14H,2-4,7-12,16H2,1H3,(H,17,18);1H4/b6-5+;. The predicted octanol–water partition coefficient (Wildman–Crippen LogP) is 2.77. The molecule has 3 N–H and O–H groups in total. The van der Waals surface area contributed by atoms with Crippen LogP contribution in [0.2, 0.25) is 0 Å². The van der Waals surface area contributed by atoms with Crippen molar-refractivity contribution in [3.8, 4) is 0 Å². The first-order valence-electron chi connectivity index (χ1n) is 7.55. The monoisotopic (exact) mass is 284 g/mol. The zero-order valence-corrected chi connectivity index (χ0v) is 12.1. The van der Waals surface area contributed by atoms with Gasteiger partial charge in [0.15, 0.2) is 0 Å². The van der Waals surface area contributed by atoms with E-state index in [0.29, 0.717) is 31.7 Å². The zero-order chi connectivity index (χ0) is 13.9. The maximum atomic E-state index is 11.4. The molecule has 1 saturated heterocycles. The molecule has 1 aliphatic rings. The largest absolute Gasteiger partial charge is 0.369 e. The molecular formula is C16H32N2O2. The molecule has 0 aliphatic carbocycles. The van der Waals surface area contributed by atoms with Gasteiger partial charge in [-0.2, -0.15) is 0 Å². The van der Waals surface area contributed by atoms with E-state index in [0.717, 1.165) is 12.8 Å². The number of unbranched alkanes of at least 4 members (excludes halogenated alkanes) is 2. The lowest BCUT2D eigenvalue weighted by molar-refractivity contribution is -0.120. The fourth-order valence-electron chi connectivity index (χ4n) is 2.06. The maximum absolute atomic E-state index is 11.4. The molecule has 1 amide bonds. The van der Waals surface area contributed by atoms with Crippen LogP contribution >= 0.6 is 0 Å². The quantitative estimate of drug-likeness (QED) is 0.348. The van der Waals surface area contributed by atoms with E-state index in [1.807, 2.05) is 6.08 Å². The van der Waals surface area contributed by atoms with Crippen LogP contribution in [0.1, 0.15) is 59.3 Å². The molecule has 0 spiro atoms. The summed E-state index contributed by atoms with van der Waals surface area (Å²) in [4.78, 5) is 11.4. The fraction of sp³-hybridized carbons (Fsp3) is 0.812. The normalized spacial score (nSPS) is 20.7. The Morgan fingerprint density at radius 2 is 2.05 bits per heavy atom. The second-order valence-corrected chi connectivity index (χ2v) is 5.11. The average Bonchev–Trinajstić information content (AvgIpc) is 3.14. The van der Waals surface area contributed by atoms with Gasteiger partial charge in [0.05, 0.1) is 12.2 Å². The Balaban J connectivity index is 0.00000361. The highest BCUT2D eigenvalue weighted by Gasteiger charge is 2.36. The lowest BCUT2D eigenvalue weighted by Crippen LogP contribution is -2.25. The highest BCUT2D eigenvalue weighted by atomic mass is 16.6. The van der Waals surface area contributed by atoms with Gasteiger partial charge in [-0.15, -0.1) is 0 Å². The summed E-state index contributed by atoms with van der Waals surface area (Å²) in [6.07, 6.45) is 12.1. The molecule has 2 unspecified atom stereocenters. The first-order valence-corrected chi connectivity index (χ1v) is 7.55.